The van der Waals surface area contributed by atoms with Crippen LogP contribution >= 0.6 is 0 Å². The molecule has 5 nitrogen and oxygen atoms in total. The fraction of sp³-hybridized carbons (Fsp3) is 0.533. The molecular weight excluding hydrogens is 288 g/mol. The number of rotatable bonds is 3. The van der Waals surface area contributed by atoms with Crippen LogP contribution < -0.4 is 0 Å². The van der Waals surface area contributed by atoms with E-state index in [9.17, 15) is 8.42 Å². The molecule has 1 aliphatic rings. The summed E-state index contributed by atoms with van der Waals surface area (Å²) in [6.45, 7) is 2.96. The van der Waals surface area contributed by atoms with Gasteiger partial charge in [0.05, 0.1) is 0 Å². The molecule has 0 saturated carbocycles. The van der Waals surface area contributed by atoms with E-state index >= 15 is 0 Å². The Kier molecular flexibility index (Phi) is 5.34. The summed E-state index contributed by atoms with van der Waals surface area (Å²) in [6, 6.07) is 1.51. The van der Waals surface area contributed by atoms with E-state index in [0.717, 1.165) is 19.3 Å². The summed E-state index contributed by atoms with van der Waals surface area (Å²) in [5.74, 6) is 5.61. The van der Waals surface area contributed by atoms with Crippen LogP contribution in [-0.4, -0.2) is 42.5 Å². The van der Waals surface area contributed by atoms with Gasteiger partial charge in [-0.2, -0.15) is 4.31 Å². The third kappa shape index (κ3) is 3.82. The largest absolute Gasteiger partial charge is 0.384 e. The minimum atomic E-state index is -3.51. The normalized spacial score (nSPS) is 19.8. The van der Waals surface area contributed by atoms with Crippen molar-refractivity contribution in [2.45, 2.75) is 31.1 Å². The predicted molar refractivity (Wildman–Crippen MR) is 80.0 cm³/mol. The van der Waals surface area contributed by atoms with Crippen LogP contribution in [0.1, 0.15) is 31.7 Å². The lowest BCUT2D eigenvalue weighted by Crippen LogP contribution is -2.39. The highest BCUT2D eigenvalue weighted by atomic mass is 32.2. The minimum Gasteiger partial charge on any atom is -0.384 e. The fourth-order valence-corrected chi connectivity index (χ4v) is 4.04. The molecule has 0 aliphatic carbocycles. The van der Waals surface area contributed by atoms with E-state index in [1.807, 2.05) is 0 Å². The van der Waals surface area contributed by atoms with Crippen molar-refractivity contribution in [3.05, 3.63) is 24.0 Å². The Morgan fingerprint density at radius 2 is 2.29 bits per heavy atom. The van der Waals surface area contributed by atoms with Crippen LogP contribution in [0, 0.1) is 17.8 Å². The van der Waals surface area contributed by atoms with Crippen molar-refractivity contribution in [1.82, 2.24) is 9.29 Å². The van der Waals surface area contributed by atoms with E-state index in [4.69, 9.17) is 5.11 Å². The zero-order valence-electron chi connectivity index (χ0n) is 12.1. The number of aliphatic hydroxyl groups excluding tert-OH is 1. The van der Waals surface area contributed by atoms with E-state index in [1.54, 1.807) is 4.31 Å². The molecule has 0 aromatic carbocycles. The first-order valence-electron chi connectivity index (χ1n) is 7.13. The van der Waals surface area contributed by atoms with Crippen LogP contribution in [0.4, 0.5) is 0 Å². The standard InChI is InChI=1S/C15H20N2O3S/c1-2-13-5-3-7-17(12-13)21(19,20)15-9-14(6-4-8-18)10-16-11-15/h9-11,13,18H,2-3,5,7-8,12H2,1H3. The van der Waals surface area contributed by atoms with Crippen LogP contribution in [0.2, 0.25) is 0 Å². The van der Waals surface area contributed by atoms with Crippen molar-refractivity contribution >= 4 is 10.0 Å². The van der Waals surface area contributed by atoms with Crippen LogP contribution in [0.15, 0.2) is 23.4 Å². The Labute approximate surface area is 126 Å². The van der Waals surface area contributed by atoms with Gasteiger partial charge < -0.3 is 5.11 Å². The van der Waals surface area contributed by atoms with Gasteiger partial charge >= 0.3 is 0 Å². The predicted octanol–water partition coefficient (Wildman–Crippen LogP) is 1.24. The molecule has 114 valence electrons. The molecule has 1 fully saturated rings. The van der Waals surface area contributed by atoms with Gasteiger partial charge in [0, 0.05) is 31.0 Å². The maximum atomic E-state index is 12.7. The van der Waals surface area contributed by atoms with E-state index in [-0.39, 0.29) is 11.5 Å². The van der Waals surface area contributed by atoms with Crippen molar-refractivity contribution in [3.63, 3.8) is 0 Å². The second-order valence-electron chi connectivity index (χ2n) is 5.15. The van der Waals surface area contributed by atoms with E-state index in [0.29, 0.717) is 24.6 Å². The van der Waals surface area contributed by atoms with Gasteiger partial charge in [-0.25, -0.2) is 8.42 Å². The number of hydrogen-bond acceptors (Lipinski definition) is 4. The first kappa shape index (κ1) is 16.0. The number of aliphatic hydroxyl groups is 1. The minimum absolute atomic E-state index is 0.170. The molecule has 2 heterocycles. The summed E-state index contributed by atoms with van der Waals surface area (Å²) in [4.78, 5) is 4.12. The monoisotopic (exact) mass is 308 g/mol. The maximum Gasteiger partial charge on any atom is 0.244 e. The van der Waals surface area contributed by atoms with E-state index in [2.05, 4.69) is 23.7 Å². The highest BCUT2D eigenvalue weighted by Gasteiger charge is 2.29. The van der Waals surface area contributed by atoms with Gasteiger partial charge in [0.25, 0.3) is 0 Å². The Morgan fingerprint density at radius 3 is 3.00 bits per heavy atom. The van der Waals surface area contributed by atoms with Gasteiger partial charge in [-0.1, -0.05) is 25.2 Å². The Balaban J connectivity index is 2.26. The molecule has 6 heteroatoms. The smallest absolute Gasteiger partial charge is 0.244 e. The van der Waals surface area contributed by atoms with Gasteiger partial charge in [-0.3, -0.25) is 4.98 Å². The van der Waals surface area contributed by atoms with E-state index < -0.39 is 10.0 Å². The average Bonchev–Trinajstić information content (AvgIpc) is 2.53. The highest BCUT2D eigenvalue weighted by Crippen LogP contribution is 2.25. The zero-order chi connectivity index (χ0) is 15.3. The fourth-order valence-electron chi connectivity index (χ4n) is 2.50. The lowest BCUT2D eigenvalue weighted by Gasteiger charge is -2.31. The van der Waals surface area contributed by atoms with Crippen LogP contribution in [0.3, 0.4) is 0 Å². The topological polar surface area (TPSA) is 70.5 Å². The van der Waals surface area contributed by atoms with Crippen molar-refractivity contribution in [3.8, 4) is 11.8 Å². The molecule has 1 atom stereocenters. The Hall–Kier alpha value is -1.42. The van der Waals surface area contributed by atoms with Gasteiger partial charge in [0.1, 0.15) is 11.5 Å². The number of aromatic nitrogens is 1. The third-order valence-corrected chi connectivity index (χ3v) is 5.55. The lowest BCUT2D eigenvalue weighted by atomic mass is 9.97. The molecule has 0 bridgehead atoms. The molecule has 1 aromatic heterocycles. The first-order valence-corrected chi connectivity index (χ1v) is 8.57. The number of pyridine rings is 1. The molecular formula is C15H20N2O3S. The molecule has 0 amide bonds. The summed E-state index contributed by atoms with van der Waals surface area (Å²) >= 11 is 0. The molecule has 1 unspecified atom stereocenters. The van der Waals surface area contributed by atoms with E-state index in [1.165, 1.54) is 18.5 Å². The van der Waals surface area contributed by atoms with Crippen LogP contribution in [0.25, 0.3) is 0 Å². The van der Waals surface area contributed by atoms with Crippen molar-refractivity contribution in [1.29, 1.82) is 0 Å². The molecule has 1 N–H and O–H groups in total. The van der Waals surface area contributed by atoms with Gasteiger partial charge in [0.15, 0.2) is 0 Å². The number of sulfonamides is 1. The summed E-state index contributed by atoms with van der Waals surface area (Å²) in [6.07, 6.45) is 5.83. The molecule has 1 aromatic rings. The van der Waals surface area contributed by atoms with Crippen molar-refractivity contribution in [2.24, 2.45) is 5.92 Å². The zero-order valence-corrected chi connectivity index (χ0v) is 12.9. The number of piperidine rings is 1. The molecule has 0 radical (unpaired) electrons. The molecule has 1 saturated heterocycles. The highest BCUT2D eigenvalue weighted by molar-refractivity contribution is 7.89. The lowest BCUT2D eigenvalue weighted by molar-refractivity contribution is 0.261. The second kappa shape index (κ2) is 7.03. The average molecular weight is 308 g/mol. The SMILES string of the molecule is CCC1CCCN(S(=O)(=O)c2cncc(C#CCO)c2)C1. The van der Waals surface area contributed by atoms with Gasteiger partial charge in [-0.15, -0.1) is 0 Å². The Morgan fingerprint density at radius 1 is 1.48 bits per heavy atom. The molecule has 1 aliphatic heterocycles. The maximum absolute atomic E-state index is 12.7. The van der Waals surface area contributed by atoms with Crippen LogP contribution in [0.5, 0.6) is 0 Å². The Bertz CT molecular complexity index is 646. The summed E-state index contributed by atoms with van der Waals surface area (Å²) < 4.78 is 26.9. The van der Waals surface area contributed by atoms with Crippen molar-refractivity contribution < 1.29 is 13.5 Å². The summed E-state index contributed by atoms with van der Waals surface area (Å²) in [5, 5.41) is 8.70. The quantitative estimate of drug-likeness (QED) is 0.853. The van der Waals surface area contributed by atoms with Gasteiger partial charge in [0.2, 0.25) is 10.0 Å². The molecule has 2 rings (SSSR count). The van der Waals surface area contributed by atoms with Crippen molar-refractivity contribution in [2.75, 3.05) is 19.7 Å². The third-order valence-electron chi connectivity index (χ3n) is 3.72. The van der Waals surface area contributed by atoms with Gasteiger partial charge in [-0.05, 0) is 24.8 Å². The first-order chi connectivity index (χ1) is 10.1. The summed E-state index contributed by atoms with van der Waals surface area (Å²) in [5.41, 5.74) is 0.495. The summed E-state index contributed by atoms with van der Waals surface area (Å²) in [7, 11) is -3.51. The molecule has 21 heavy (non-hydrogen) atoms. The number of nitrogens with zero attached hydrogens (tertiary/aromatic N) is 2. The van der Waals surface area contributed by atoms with Crippen LogP contribution in [-0.2, 0) is 10.0 Å². The molecule has 0 spiro atoms. The number of hydrogen-bond donors (Lipinski definition) is 1. The second-order valence-corrected chi connectivity index (χ2v) is 7.09.